The second-order valence-corrected chi connectivity index (χ2v) is 6.82. The number of nitrogens with one attached hydrogen (secondary N) is 1. The molecule has 7 heteroatoms. The molecule has 0 atom stereocenters. The van der Waals surface area contributed by atoms with Crippen molar-refractivity contribution in [2.75, 3.05) is 5.73 Å². The van der Waals surface area contributed by atoms with E-state index in [1.54, 1.807) is 17.4 Å². The third-order valence-electron chi connectivity index (χ3n) is 2.85. The van der Waals surface area contributed by atoms with Crippen LogP contribution in [0.1, 0.15) is 0 Å². The zero-order chi connectivity index (χ0) is 14.3. The molecule has 2 heterocycles. The number of nitrogens with zero attached hydrogens (tertiary/aromatic N) is 1. The van der Waals surface area contributed by atoms with Crippen molar-refractivity contribution in [3.05, 3.63) is 44.3 Å². The molecule has 0 aliphatic rings. The summed E-state index contributed by atoms with van der Waals surface area (Å²) < 4.78 is 14.2. The largest absolute Gasteiger partial charge is 0.382 e. The van der Waals surface area contributed by atoms with Crippen LogP contribution in [0.3, 0.4) is 0 Å². The molecule has 0 saturated carbocycles. The summed E-state index contributed by atoms with van der Waals surface area (Å²) in [4.78, 5) is 0. The van der Waals surface area contributed by atoms with E-state index < -0.39 is 0 Å². The minimum atomic E-state index is -0.388. The van der Waals surface area contributed by atoms with Crippen LogP contribution < -0.4 is 5.73 Å². The van der Waals surface area contributed by atoms with Crippen molar-refractivity contribution < 1.29 is 4.39 Å². The smallest absolute Gasteiger partial charge is 0.153 e. The van der Waals surface area contributed by atoms with Gasteiger partial charge in [-0.1, -0.05) is 11.6 Å². The molecule has 1 aromatic carbocycles. The lowest BCUT2D eigenvalue weighted by Crippen LogP contribution is -1.90. The van der Waals surface area contributed by atoms with Gasteiger partial charge in [-0.3, -0.25) is 5.10 Å². The number of benzene rings is 1. The minimum Gasteiger partial charge on any atom is -0.382 e. The van der Waals surface area contributed by atoms with Crippen LogP contribution in [0.4, 0.5) is 10.2 Å². The number of halogens is 3. The molecule has 0 radical (unpaired) electrons. The van der Waals surface area contributed by atoms with Gasteiger partial charge in [-0.2, -0.15) is 5.10 Å². The van der Waals surface area contributed by atoms with Crippen molar-refractivity contribution in [2.45, 2.75) is 0 Å². The number of H-pyrrole nitrogens is 1. The van der Waals surface area contributed by atoms with E-state index in [9.17, 15) is 4.39 Å². The molecule has 3 aromatic rings. The number of hydrogen-bond donors (Lipinski definition) is 2. The maximum absolute atomic E-state index is 13.2. The highest BCUT2D eigenvalue weighted by Crippen LogP contribution is 2.40. The van der Waals surface area contributed by atoms with E-state index in [4.69, 9.17) is 17.3 Å². The summed E-state index contributed by atoms with van der Waals surface area (Å²) in [6.07, 6.45) is 0. The average molecular weight is 373 g/mol. The summed E-state index contributed by atoms with van der Waals surface area (Å²) >= 11 is 11.1. The summed E-state index contributed by atoms with van der Waals surface area (Å²) in [7, 11) is 0. The van der Waals surface area contributed by atoms with Crippen molar-refractivity contribution in [1.29, 1.82) is 0 Å². The molecular weight excluding hydrogens is 365 g/mol. The van der Waals surface area contributed by atoms with E-state index >= 15 is 0 Å². The Balaban J connectivity index is 2.21. The quantitative estimate of drug-likeness (QED) is 0.669. The van der Waals surface area contributed by atoms with Gasteiger partial charge in [0.2, 0.25) is 0 Å². The number of rotatable bonds is 2. The Hall–Kier alpha value is -1.37. The summed E-state index contributed by atoms with van der Waals surface area (Å²) in [5.41, 5.74) is 8.96. The number of hydrogen-bond acceptors (Lipinski definition) is 3. The van der Waals surface area contributed by atoms with Crippen LogP contribution in [-0.4, -0.2) is 10.2 Å². The minimum absolute atomic E-state index is 0.300. The Labute approximate surface area is 131 Å². The number of aromatic nitrogens is 2. The van der Waals surface area contributed by atoms with Crippen LogP contribution >= 0.6 is 38.9 Å². The van der Waals surface area contributed by atoms with Gasteiger partial charge in [0.05, 0.1) is 20.1 Å². The zero-order valence-corrected chi connectivity index (χ0v) is 13.1. The van der Waals surface area contributed by atoms with Gasteiger partial charge in [0, 0.05) is 16.5 Å². The third kappa shape index (κ3) is 2.34. The van der Waals surface area contributed by atoms with E-state index in [0.29, 0.717) is 22.0 Å². The first-order valence-electron chi connectivity index (χ1n) is 5.60. The molecule has 0 aliphatic carbocycles. The number of nitrogen functional groups attached to an aromatic ring is 1. The number of anilines is 1. The SMILES string of the molecule is Nc1n[nH]c(-c2csc(Br)c2)c1-c1ccc(F)cc1Cl. The van der Waals surface area contributed by atoms with Crippen LogP contribution in [0.5, 0.6) is 0 Å². The summed E-state index contributed by atoms with van der Waals surface area (Å²) in [5, 5.41) is 9.20. The molecule has 0 saturated heterocycles. The molecule has 20 heavy (non-hydrogen) atoms. The molecule has 3 N–H and O–H groups in total. The molecule has 0 amide bonds. The van der Waals surface area contributed by atoms with Crippen LogP contribution in [0.15, 0.2) is 33.4 Å². The zero-order valence-electron chi connectivity index (χ0n) is 9.95. The first kappa shape index (κ1) is 13.6. The van der Waals surface area contributed by atoms with E-state index in [1.165, 1.54) is 12.1 Å². The second-order valence-electron chi connectivity index (χ2n) is 4.12. The van der Waals surface area contributed by atoms with Gasteiger partial charge in [0.15, 0.2) is 5.82 Å². The first-order chi connectivity index (χ1) is 9.56. The van der Waals surface area contributed by atoms with Crippen molar-refractivity contribution in [3.8, 4) is 22.4 Å². The third-order valence-corrected chi connectivity index (χ3v) is 4.67. The van der Waals surface area contributed by atoms with Crippen molar-refractivity contribution in [3.63, 3.8) is 0 Å². The average Bonchev–Trinajstić information content (AvgIpc) is 2.96. The van der Waals surface area contributed by atoms with Crippen LogP contribution in [0.2, 0.25) is 5.02 Å². The van der Waals surface area contributed by atoms with E-state index in [0.717, 1.165) is 15.0 Å². The Kier molecular flexibility index (Phi) is 3.54. The Morgan fingerprint density at radius 3 is 2.80 bits per heavy atom. The molecular formula is C13H8BrClFN3S. The van der Waals surface area contributed by atoms with Crippen molar-refractivity contribution in [2.24, 2.45) is 0 Å². The lowest BCUT2D eigenvalue weighted by molar-refractivity contribution is 0.628. The van der Waals surface area contributed by atoms with Crippen LogP contribution in [-0.2, 0) is 0 Å². The van der Waals surface area contributed by atoms with Gasteiger partial charge < -0.3 is 5.73 Å². The second kappa shape index (κ2) is 5.20. The molecule has 102 valence electrons. The standard InChI is InChI=1S/C13H8BrClFN3S/c14-10-3-6(5-20-10)12-11(13(17)19-18-12)8-2-1-7(16)4-9(8)15/h1-5H,(H3,17,18,19). The molecule has 3 nitrogen and oxygen atoms in total. The monoisotopic (exact) mass is 371 g/mol. The maximum Gasteiger partial charge on any atom is 0.153 e. The highest BCUT2D eigenvalue weighted by molar-refractivity contribution is 9.11. The Bertz CT molecular complexity index is 784. The Morgan fingerprint density at radius 1 is 1.35 bits per heavy atom. The highest BCUT2D eigenvalue weighted by Gasteiger charge is 2.18. The highest BCUT2D eigenvalue weighted by atomic mass is 79.9. The predicted octanol–water partition coefficient (Wildman–Crippen LogP) is 4.94. The molecule has 0 fully saturated rings. The molecule has 3 rings (SSSR count). The van der Waals surface area contributed by atoms with Gasteiger partial charge in [-0.15, -0.1) is 11.3 Å². The topological polar surface area (TPSA) is 54.7 Å². The fraction of sp³-hybridized carbons (Fsp3) is 0. The Morgan fingerprint density at radius 2 is 2.15 bits per heavy atom. The van der Waals surface area contributed by atoms with Crippen molar-refractivity contribution in [1.82, 2.24) is 10.2 Å². The molecule has 0 unspecified atom stereocenters. The number of thiophene rings is 1. The lowest BCUT2D eigenvalue weighted by atomic mass is 10.0. The van der Waals surface area contributed by atoms with Gasteiger partial charge in [-0.25, -0.2) is 4.39 Å². The lowest BCUT2D eigenvalue weighted by Gasteiger charge is -2.06. The fourth-order valence-corrected chi connectivity index (χ4v) is 3.38. The van der Waals surface area contributed by atoms with E-state index in [2.05, 4.69) is 26.1 Å². The van der Waals surface area contributed by atoms with E-state index in [-0.39, 0.29) is 5.82 Å². The van der Waals surface area contributed by atoms with Crippen LogP contribution in [0, 0.1) is 5.82 Å². The summed E-state index contributed by atoms with van der Waals surface area (Å²) in [6.45, 7) is 0. The van der Waals surface area contributed by atoms with Gasteiger partial charge in [-0.05, 0) is 40.2 Å². The molecule has 2 aromatic heterocycles. The van der Waals surface area contributed by atoms with Crippen molar-refractivity contribution >= 4 is 44.7 Å². The fourth-order valence-electron chi connectivity index (χ4n) is 1.97. The van der Waals surface area contributed by atoms with Gasteiger partial charge in [0.25, 0.3) is 0 Å². The maximum atomic E-state index is 13.2. The predicted molar refractivity (Wildman–Crippen MR) is 84.4 cm³/mol. The molecule has 0 spiro atoms. The van der Waals surface area contributed by atoms with Gasteiger partial charge >= 0.3 is 0 Å². The van der Waals surface area contributed by atoms with Gasteiger partial charge in [0.1, 0.15) is 5.82 Å². The number of nitrogens with two attached hydrogens (primary N) is 1. The van der Waals surface area contributed by atoms with Crippen LogP contribution in [0.25, 0.3) is 22.4 Å². The summed E-state index contributed by atoms with van der Waals surface area (Å²) in [5.74, 6) is -0.0588. The normalized spacial score (nSPS) is 10.9. The van der Waals surface area contributed by atoms with E-state index in [1.807, 2.05) is 11.4 Å². The summed E-state index contributed by atoms with van der Waals surface area (Å²) in [6, 6.07) is 6.17. The first-order valence-corrected chi connectivity index (χ1v) is 7.65. The molecule has 0 aliphatic heterocycles. The molecule has 0 bridgehead atoms. The number of aromatic amines is 1.